The molecule has 310 valence electrons. The van der Waals surface area contributed by atoms with Crippen LogP contribution in [0.1, 0.15) is 19.3 Å². The highest BCUT2D eigenvalue weighted by molar-refractivity contribution is 7.19. The summed E-state index contributed by atoms with van der Waals surface area (Å²) < 4.78 is 22.5. The van der Waals surface area contributed by atoms with Crippen molar-refractivity contribution in [2.24, 2.45) is 0 Å². The van der Waals surface area contributed by atoms with Crippen molar-refractivity contribution in [1.82, 2.24) is 10.6 Å². The average Bonchev–Trinajstić information content (AvgIpc) is 4.02. The number of carbonyl (C=O) groups is 6. The van der Waals surface area contributed by atoms with Gasteiger partial charge in [-0.15, -0.1) is 22.7 Å². The van der Waals surface area contributed by atoms with E-state index in [4.69, 9.17) is 53.8 Å². The standard InChI is InChI=1S/C38H35Cl3N6O10S2/c39-28-15-30(59-34(28)41)36(51)45(23-3-7-25(8-4-23)47-19-27(57-38(47)53)17-43-35(50)29-9-10-31(40)58-29)12-14-54-20-32(48)42-16-26-18-46(37(52)56-26)24-5-1-22(2-6-24)44-11-13-55-21-33(44)49/h1-10,15,26-27H,11-14,16-21H2,(H,42,48)(H,43,50)/t26-,27-/m0/s1. The molecule has 2 N–H and O–H groups in total. The molecule has 7 rings (SSSR count). The number of hydrogen-bond donors (Lipinski definition) is 2. The first-order valence-electron chi connectivity index (χ1n) is 18.1. The molecule has 3 saturated heterocycles. The summed E-state index contributed by atoms with van der Waals surface area (Å²) in [5.41, 5.74) is 2.26. The van der Waals surface area contributed by atoms with Crippen LogP contribution in [0, 0.1) is 0 Å². The molecule has 0 unspecified atom stereocenters. The predicted octanol–water partition coefficient (Wildman–Crippen LogP) is 5.69. The highest BCUT2D eigenvalue weighted by atomic mass is 35.5. The fourth-order valence-electron chi connectivity index (χ4n) is 6.36. The number of amides is 6. The maximum Gasteiger partial charge on any atom is 0.414 e. The zero-order valence-electron chi connectivity index (χ0n) is 30.9. The van der Waals surface area contributed by atoms with Crippen LogP contribution in [0.3, 0.4) is 0 Å². The first kappa shape index (κ1) is 42.2. The van der Waals surface area contributed by atoms with E-state index in [-0.39, 0.29) is 78.6 Å². The Bertz CT molecular complexity index is 2200. The number of thiophene rings is 2. The largest absolute Gasteiger partial charge is 0.442 e. The first-order valence-corrected chi connectivity index (χ1v) is 20.9. The van der Waals surface area contributed by atoms with E-state index < -0.39 is 36.2 Å². The number of morpholine rings is 1. The molecule has 3 aliphatic rings. The molecule has 21 heteroatoms. The number of anilines is 4. The van der Waals surface area contributed by atoms with Crippen molar-refractivity contribution in [3.05, 3.63) is 90.2 Å². The number of carbonyl (C=O) groups excluding carboxylic acids is 6. The quantitative estimate of drug-likeness (QED) is 0.141. The Labute approximate surface area is 360 Å². The van der Waals surface area contributed by atoms with Crippen molar-refractivity contribution >= 4 is 116 Å². The maximum absolute atomic E-state index is 13.7. The van der Waals surface area contributed by atoms with Gasteiger partial charge in [0.05, 0.1) is 58.5 Å². The minimum absolute atomic E-state index is 0.0223. The Morgan fingerprint density at radius 2 is 1.39 bits per heavy atom. The zero-order chi connectivity index (χ0) is 41.6. The van der Waals surface area contributed by atoms with E-state index in [2.05, 4.69) is 10.6 Å². The van der Waals surface area contributed by atoms with Crippen LogP contribution in [-0.2, 0) is 28.5 Å². The molecule has 0 aliphatic carbocycles. The van der Waals surface area contributed by atoms with Crippen molar-refractivity contribution in [3.63, 3.8) is 0 Å². The van der Waals surface area contributed by atoms with Gasteiger partial charge in [0.2, 0.25) is 5.91 Å². The highest BCUT2D eigenvalue weighted by Crippen LogP contribution is 2.34. The Hall–Kier alpha value is -4.95. The van der Waals surface area contributed by atoms with Crippen molar-refractivity contribution in [2.75, 3.05) is 85.3 Å². The summed E-state index contributed by atoms with van der Waals surface area (Å²) in [4.78, 5) is 83.1. The van der Waals surface area contributed by atoms with Gasteiger partial charge in [0.1, 0.15) is 29.8 Å². The number of benzene rings is 2. The summed E-state index contributed by atoms with van der Waals surface area (Å²) in [6, 6.07) is 18.3. The third-order valence-electron chi connectivity index (χ3n) is 9.29. The molecular formula is C38H35Cl3N6O10S2. The lowest BCUT2D eigenvalue weighted by molar-refractivity contribution is -0.126. The molecule has 3 fully saturated rings. The first-order chi connectivity index (χ1) is 28.4. The van der Waals surface area contributed by atoms with Crippen molar-refractivity contribution in [3.8, 4) is 0 Å². The second-order valence-corrected chi connectivity index (χ2v) is 17.0. The van der Waals surface area contributed by atoms with Gasteiger partial charge in [0.25, 0.3) is 17.7 Å². The van der Waals surface area contributed by atoms with Crippen LogP contribution in [0.25, 0.3) is 0 Å². The third kappa shape index (κ3) is 10.3. The molecule has 16 nitrogen and oxygen atoms in total. The van der Waals surface area contributed by atoms with Crippen LogP contribution in [-0.4, -0.2) is 114 Å². The van der Waals surface area contributed by atoms with E-state index in [0.29, 0.717) is 45.1 Å². The number of rotatable bonds is 15. The number of nitrogens with zero attached hydrogens (tertiary/aromatic N) is 4. The molecule has 0 bridgehead atoms. The Morgan fingerprint density at radius 1 is 0.780 bits per heavy atom. The van der Waals surface area contributed by atoms with Crippen LogP contribution in [0.4, 0.5) is 32.3 Å². The Balaban J connectivity index is 0.894. The van der Waals surface area contributed by atoms with Gasteiger partial charge in [-0.2, -0.15) is 0 Å². The van der Waals surface area contributed by atoms with Crippen LogP contribution in [0.15, 0.2) is 66.7 Å². The van der Waals surface area contributed by atoms with E-state index in [0.717, 1.165) is 22.7 Å². The summed E-state index contributed by atoms with van der Waals surface area (Å²) in [5.74, 6) is -1.33. The lowest BCUT2D eigenvalue weighted by Crippen LogP contribution is -2.41. The summed E-state index contributed by atoms with van der Waals surface area (Å²) in [6.45, 7) is 1.12. The van der Waals surface area contributed by atoms with Gasteiger partial charge >= 0.3 is 12.2 Å². The normalized spacial score (nSPS) is 17.9. The van der Waals surface area contributed by atoms with Gasteiger partial charge in [-0.3, -0.25) is 29.0 Å². The summed E-state index contributed by atoms with van der Waals surface area (Å²) in [6.07, 6.45) is -2.36. The summed E-state index contributed by atoms with van der Waals surface area (Å²) in [7, 11) is 0. The van der Waals surface area contributed by atoms with Gasteiger partial charge < -0.3 is 39.4 Å². The second kappa shape index (κ2) is 19.0. The number of cyclic esters (lactones) is 2. The molecule has 2 aromatic carbocycles. The van der Waals surface area contributed by atoms with E-state index >= 15 is 0 Å². The lowest BCUT2D eigenvalue weighted by atomic mass is 10.2. The number of hydrogen-bond acceptors (Lipinski definition) is 12. The fourth-order valence-corrected chi connectivity index (χ4v) is 8.63. The lowest BCUT2D eigenvalue weighted by Gasteiger charge is -2.27. The van der Waals surface area contributed by atoms with Gasteiger partial charge in [0.15, 0.2) is 0 Å². The monoisotopic (exact) mass is 904 g/mol. The zero-order valence-corrected chi connectivity index (χ0v) is 34.8. The topological polar surface area (TPSA) is 176 Å². The Morgan fingerprint density at radius 3 is 1.97 bits per heavy atom. The van der Waals surface area contributed by atoms with Crippen molar-refractivity contribution < 1.29 is 47.7 Å². The predicted molar refractivity (Wildman–Crippen MR) is 223 cm³/mol. The van der Waals surface area contributed by atoms with Crippen LogP contribution in [0.5, 0.6) is 0 Å². The molecule has 6 amide bonds. The number of ether oxygens (including phenoxy) is 4. The van der Waals surface area contributed by atoms with Crippen LogP contribution >= 0.6 is 57.5 Å². The Kier molecular flexibility index (Phi) is 13.6. The van der Waals surface area contributed by atoms with E-state index in [1.165, 1.54) is 20.8 Å². The smallest absolute Gasteiger partial charge is 0.414 e. The van der Waals surface area contributed by atoms with Gasteiger partial charge in [-0.1, -0.05) is 34.8 Å². The SMILES string of the molecule is O=C(COCCN(C(=O)c1cc(Cl)c(Cl)s1)c1ccc(N2C[C@H](CNC(=O)c3ccc(Cl)s3)OC2=O)cc1)NC[C@H]1CN(c2ccc(N3CCOCC3=O)cc2)C(=O)O1. The van der Waals surface area contributed by atoms with E-state index in [1.807, 2.05) is 0 Å². The third-order valence-corrected chi connectivity index (χ3v) is 12.4. The van der Waals surface area contributed by atoms with E-state index in [1.54, 1.807) is 65.6 Å². The average molecular weight is 906 g/mol. The molecule has 0 saturated carbocycles. The highest BCUT2D eigenvalue weighted by Gasteiger charge is 2.34. The van der Waals surface area contributed by atoms with Crippen molar-refractivity contribution in [1.29, 1.82) is 0 Å². The van der Waals surface area contributed by atoms with Crippen LogP contribution < -0.4 is 30.2 Å². The maximum atomic E-state index is 13.7. The van der Waals surface area contributed by atoms with Crippen LogP contribution in [0.2, 0.25) is 13.7 Å². The van der Waals surface area contributed by atoms with Gasteiger partial charge in [-0.25, -0.2) is 9.59 Å². The molecule has 3 aliphatic heterocycles. The van der Waals surface area contributed by atoms with Gasteiger partial charge in [-0.05, 0) is 66.7 Å². The number of nitrogens with one attached hydrogen (secondary N) is 2. The van der Waals surface area contributed by atoms with Gasteiger partial charge in [0, 0.05) is 35.8 Å². The summed E-state index contributed by atoms with van der Waals surface area (Å²) >= 11 is 20.4. The second-order valence-electron chi connectivity index (χ2n) is 13.2. The summed E-state index contributed by atoms with van der Waals surface area (Å²) in [5, 5.41) is 5.70. The molecule has 4 aromatic rings. The molecule has 0 radical (unpaired) electrons. The number of halogens is 3. The molecule has 2 aromatic heterocycles. The molecular weight excluding hydrogens is 871 g/mol. The minimum atomic E-state index is -0.613. The molecule has 59 heavy (non-hydrogen) atoms. The van der Waals surface area contributed by atoms with E-state index in [9.17, 15) is 28.8 Å². The fraction of sp³-hybridized carbons (Fsp3) is 0.316. The molecule has 5 heterocycles. The minimum Gasteiger partial charge on any atom is -0.442 e. The molecule has 0 spiro atoms. The molecule has 2 atom stereocenters. The van der Waals surface area contributed by atoms with Crippen molar-refractivity contribution in [2.45, 2.75) is 12.2 Å².